The number of aromatic nitrogens is 2. The molecule has 13 heavy (non-hydrogen) atoms. The molecule has 0 amide bonds. The van der Waals surface area contributed by atoms with Crippen LogP contribution in [0.3, 0.4) is 0 Å². The second kappa shape index (κ2) is 3.02. The molecule has 1 rings (SSSR count). The normalized spacial score (nSPS) is 14.6. The Labute approximate surface area is 72.8 Å². The van der Waals surface area contributed by atoms with Gasteiger partial charge in [-0.3, -0.25) is 4.68 Å². The van der Waals surface area contributed by atoms with Crippen LogP contribution in [-0.4, -0.2) is 14.9 Å². The predicted octanol–water partition coefficient (Wildman–Crippen LogP) is 1.49. The SMILES string of the molecule is C[C@@H](O)c1cn(C)nc1C(F)(F)F. The third-order valence-corrected chi connectivity index (χ3v) is 1.58. The Morgan fingerprint density at radius 1 is 1.54 bits per heavy atom. The number of hydrogen-bond donors (Lipinski definition) is 1. The second-order valence-electron chi connectivity index (χ2n) is 2.78. The van der Waals surface area contributed by atoms with Gasteiger partial charge in [0.15, 0.2) is 5.69 Å². The van der Waals surface area contributed by atoms with Crippen molar-refractivity contribution in [3.63, 3.8) is 0 Å². The average Bonchev–Trinajstić information content (AvgIpc) is 2.29. The van der Waals surface area contributed by atoms with Gasteiger partial charge in [-0.1, -0.05) is 0 Å². The minimum absolute atomic E-state index is 0.199. The molecule has 1 atom stereocenters. The zero-order valence-electron chi connectivity index (χ0n) is 7.13. The molecule has 0 aliphatic rings. The van der Waals surface area contributed by atoms with E-state index in [9.17, 15) is 13.2 Å². The molecule has 3 nitrogen and oxygen atoms in total. The lowest BCUT2D eigenvalue weighted by Gasteiger charge is -2.06. The monoisotopic (exact) mass is 194 g/mol. The summed E-state index contributed by atoms with van der Waals surface area (Å²) in [6.45, 7) is 1.27. The number of hydrogen-bond acceptors (Lipinski definition) is 2. The summed E-state index contributed by atoms with van der Waals surface area (Å²) in [5, 5.41) is 12.3. The fraction of sp³-hybridized carbons (Fsp3) is 0.571. The average molecular weight is 194 g/mol. The van der Waals surface area contributed by atoms with E-state index in [0.717, 1.165) is 10.9 Å². The molecule has 0 radical (unpaired) electrons. The van der Waals surface area contributed by atoms with Crippen LogP contribution in [0.1, 0.15) is 24.3 Å². The highest BCUT2D eigenvalue weighted by Gasteiger charge is 2.37. The Balaban J connectivity index is 3.20. The van der Waals surface area contributed by atoms with Gasteiger partial charge in [-0.15, -0.1) is 0 Å². The number of aliphatic hydroxyl groups excluding tert-OH is 1. The van der Waals surface area contributed by atoms with Crippen LogP contribution in [0, 0.1) is 0 Å². The number of aryl methyl sites for hydroxylation is 1. The molecule has 0 spiro atoms. The first kappa shape index (κ1) is 10.0. The first-order valence-corrected chi connectivity index (χ1v) is 3.61. The van der Waals surface area contributed by atoms with E-state index in [4.69, 9.17) is 5.11 Å². The quantitative estimate of drug-likeness (QED) is 0.735. The van der Waals surface area contributed by atoms with Crippen molar-refractivity contribution in [3.8, 4) is 0 Å². The summed E-state index contributed by atoms with van der Waals surface area (Å²) in [4.78, 5) is 0. The highest BCUT2D eigenvalue weighted by molar-refractivity contribution is 5.21. The van der Waals surface area contributed by atoms with Crippen molar-refractivity contribution in [1.29, 1.82) is 0 Å². The number of halogens is 3. The Bertz CT molecular complexity index is 303. The summed E-state index contributed by atoms with van der Waals surface area (Å²) in [6, 6.07) is 0. The zero-order chi connectivity index (χ0) is 10.2. The van der Waals surface area contributed by atoms with E-state index in [1.54, 1.807) is 0 Å². The van der Waals surface area contributed by atoms with Gasteiger partial charge in [0.2, 0.25) is 0 Å². The van der Waals surface area contributed by atoms with E-state index < -0.39 is 18.0 Å². The van der Waals surface area contributed by atoms with Crippen LogP contribution in [0.5, 0.6) is 0 Å². The fourth-order valence-electron chi connectivity index (χ4n) is 1.03. The minimum atomic E-state index is -4.51. The Hall–Kier alpha value is -1.04. The van der Waals surface area contributed by atoms with Crippen molar-refractivity contribution in [2.24, 2.45) is 7.05 Å². The molecule has 74 valence electrons. The van der Waals surface area contributed by atoms with Crippen LogP contribution in [0.2, 0.25) is 0 Å². The van der Waals surface area contributed by atoms with E-state index in [0.29, 0.717) is 0 Å². The van der Waals surface area contributed by atoms with Crippen molar-refractivity contribution in [2.75, 3.05) is 0 Å². The summed E-state index contributed by atoms with van der Waals surface area (Å²) < 4.78 is 37.7. The lowest BCUT2D eigenvalue weighted by atomic mass is 10.1. The van der Waals surface area contributed by atoms with Gasteiger partial charge in [-0.05, 0) is 6.92 Å². The molecule has 0 aromatic carbocycles. The summed E-state index contributed by atoms with van der Waals surface area (Å²) >= 11 is 0. The predicted molar refractivity (Wildman–Crippen MR) is 38.8 cm³/mol. The van der Waals surface area contributed by atoms with E-state index in [-0.39, 0.29) is 5.56 Å². The summed E-state index contributed by atoms with van der Waals surface area (Å²) in [6.07, 6.45) is -4.51. The Kier molecular flexibility index (Phi) is 2.34. The number of rotatable bonds is 1. The molecule has 1 N–H and O–H groups in total. The van der Waals surface area contributed by atoms with Gasteiger partial charge in [0.25, 0.3) is 0 Å². The molecule has 0 unspecified atom stereocenters. The molecule has 0 fully saturated rings. The third-order valence-electron chi connectivity index (χ3n) is 1.58. The fourth-order valence-corrected chi connectivity index (χ4v) is 1.03. The van der Waals surface area contributed by atoms with E-state index in [2.05, 4.69) is 5.10 Å². The van der Waals surface area contributed by atoms with E-state index in [1.165, 1.54) is 14.0 Å². The molecule has 0 aliphatic heterocycles. The molecule has 1 heterocycles. The van der Waals surface area contributed by atoms with Gasteiger partial charge in [-0.2, -0.15) is 18.3 Å². The molecular weight excluding hydrogens is 185 g/mol. The van der Waals surface area contributed by atoms with Gasteiger partial charge >= 0.3 is 6.18 Å². The van der Waals surface area contributed by atoms with Crippen LogP contribution in [-0.2, 0) is 13.2 Å². The van der Waals surface area contributed by atoms with Crippen molar-refractivity contribution < 1.29 is 18.3 Å². The number of aliphatic hydroxyl groups is 1. The first-order valence-electron chi connectivity index (χ1n) is 3.61. The molecule has 0 bridgehead atoms. The highest BCUT2D eigenvalue weighted by Crippen LogP contribution is 2.32. The molecule has 1 aromatic rings. The maximum atomic E-state index is 12.2. The molecule has 0 saturated heterocycles. The number of nitrogens with zero attached hydrogens (tertiary/aromatic N) is 2. The maximum absolute atomic E-state index is 12.2. The lowest BCUT2D eigenvalue weighted by molar-refractivity contribution is -0.142. The molecule has 6 heteroatoms. The van der Waals surface area contributed by atoms with Crippen molar-refractivity contribution in [1.82, 2.24) is 9.78 Å². The van der Waals surface area contributed by atoms with Gasteiger partial charge in [0.05, 0.1) is 6.10 Å². The summed E-state index contributed by atoms with van der Waals surface area (Å²) in [7, 11) is 1.38. The molecule has 0 saturated carbocycles. The topological polar surface area (TPSA) is 38.0 Å². The van der Waals surface area contributed by atoms with Crippen molar-refractivity contribution >= 4 is 0 Å². The van der Waals surface area contributed by atoms with Gasteiger partial charge in [0.1, 0.15) is 0 Å². The Morgan fingerprint density at radius 3 is 2.38 bits per heavy atom. The van der Waals surface area contributed by atoms with Crippen LogP contribution < -0.4 is 0 Å². The first-order chi connectivity index (χ1) is 5.82. The van der Waals surface area contributed by atoms with Crippen molar-refractivity contribution in [2.45, 2.75) is 19.2 Å². The summed E-state index contributed by atoms with van der Waals surface area (Å²) in [5.41, 5.74) is -1.22. The van der Waals surface area contributed by atoms with E-state index in [1.807, 2.05) is 0 Å². The molecule has 1 aromatic heterocycles. The smallest absolute Gasteiger partial charge is 0.389 e. The number of alkyl halides is 3. The van der Waals surface area contributed by atoms with Gasteiger partial charge in [0, 0.05) is 18.8 Å². The second-order valence-corrected chi connectivity index (χ2v) is 2.78. The van der Waals surface area contributed by atoms with Crippen LogP contribution in [0.25, 0.3) is 0 Å². The van der Waals surface area contributed by atoms with Gasteiger partial charge in [-0.25, -0.2) is 0 Å². The standard InChI is InChI=1S/C7H9F3N2O/c1-4(13)5-3-12(2)11-6(5)7(8,9)10/h3-4,13H,1-2H3/t4-/m1/s1. The van der Waals surface area contributed by atoms with E-state index >= 15 is 0 Å². The van der Waals surface area contributed by atoms with Crippen molar-refractivity contribution in [3.05, 3.63) is 17.5 Å². The van der Waals surface area contributed by atoms with Crippen LogP contribution in [0.15, 0.2) is 6.20 Å². The minimum Gasteiger partial charge on any atom is -0.389 e. The summed E-state index contributed by atoms with van der Waals surface area (Å²) in [5.74, 6) is 0. The van der Waals surface area contributed by atoms with Gasteiger partial charge < -0.3 is 5.11 Å². The highest BCUT2D eigenvalue weighted by atomic mass is 19.4. The lowest BCUT2D eigenvalue weighted by Crippen LogP contribution is -2.10. The maximum Gasteiger partial charge on any atom is 0.435 e. The van der Waals surface area contributed by atoms with Crippen LogP contribution >= 0.6 is 0 Å². The molecular formula is C7H9F3N2O. The Morgan fingerprint density at radius 2 is 2.08 bits per heavy atom. The molecule has 0 aliphatic carbocycles. The third kappa shape index (κ3) is 2.00. The largest absolute Gasteiger partial charge is 0.435 e. The zero-order valence-corrected chi connectivity index (χ0v) is 7.13. The van der Waals surface area contributed by atoms with Crippen LogP contribution in [0.4, 0.5) is 13.2 Å².